The lowest BCUT2D eigenvalue weighted by atomic mass is 9.79. The second kappa shape index (κ2) is 5.60. The lowest BCUT2D eigenvalue weighted by molar-refractivity contribution is -0.154. The van der Waals surface area contributed by atoms with Gasteiger partial charge in [0.25, 0.3) is 0 Å². The summed E-state index contributed by atoms with van der Waals surface area (Å²) in [5, 5.41) is 17.2. The fourth-order valence-corrected chi connectivity index (χ4v) is 2.56. The van der Waals surface area contributed by atoms with Crippen molar-refractivity contribution in [2.24, 2.45) is 5.41 Å². The van der Waals surface area contributed by atoms with Crippen molar-refractivity contribution < 1.29 is 14.7 Å². The van der Waals surface area contributed by atoms with Gasteiger partial charge < -0.3 is 14.6 Å². The first-order valence-electron chi connectivity index (χ1n) is 6.90. The summed E-state index contributed by atoms with van der Waals surface area (Å²) in [6.07, 6.45) is 2.60. The summed E-state index contributed by atoms with van der Waals surface area (Å²) in [6, 6.07) is 0. The van der Waals surface area contributed by atoms with E-state index < -0.39 is 11.4 Å². The number of carbonyl (C=O) groups excluding carboxylic acids is 1. The second-order valence-electron chi connectivity index (χ2n) is 5.23. The molecule has 0 fully saturated rings. The van der Waals surface area contributed by atoms with Crippen LogP contribution in [0.4, 0.5) is 0 Å². The highest BCUT2D eigenvalue weighted by Gasteiger charge is 2.38. The monoisotopic (exact) mass is 280 g/mol. The van der Waals surface area contributed by atoms with Crippen molar-refractivity contribution >= 4 is 11.9 Å². The summed E-state index contributed by atoms with van der Waals surface area (Å²) in [6.45, 7) is 5.27. The Balaban J connectivity index is 2.07. The number of amides is 1. The van der Waals surface area contributed by atoms with Crippen LogP contribution >= 0.6 is 0 Å². The molecule has 1 aromatic rings. The van der Waals surface area contributed by atoms with E-state index in [9.17, 15) is 14.7 Å². The van der Waals surface area contributed by atoms with E-state index in [-0.39, 0.29) is 12.3 Å². The lowest BCUT2D eigenvalue weighted by Gasteiger charge is -2.32. The quantitative estimate of drug-likeness (QED) is 0.865. The van der Waals surface area contributed by atoms with Crippen LogP contribution in [-0.4, -0.2) is 43.2 Å². The van der Waals surface area contributed by atoms with Crippen molar-refractivity contribution in [3.8, 4) is 0 Å². The van der Waals surface area contributed by atoms with E-state index >= 15 is 0 Å². The Hall–Kier alpha value is -1.92. The molecule has 7 heteroatoms. The van der Waals surface area contributed by atoms with E-state index in [1.165, 1.54) is 0 Å². The number of fused-ring (bicyclic) bond motifs is 1. The summed E-state index contributed by atoms with van der Waals surface area (Å²) < 4.78 is 1.91. The number of hydrogen-bond donors (Lipinski definition) is 1. The third kappa shape index (κ3) is 2.52. The second-order valence-corrected chi connectivity index (χ2v) is 5.23. The van der Waals surface area contributed by atoms with Crippen LogP contribution in [-0.2, 0) is 22.7 Å². The number of carbonyl (C=O) groups is 2. The van der Waals surface area contributed by atoms with Gasteiger partial charge in [-0.3, -0.25) is 9.59 Å². The first kappa shape index (κ1) is 14.5. The molecule has 0 saturated heterocycles. The van der Waals surface area contributed by atoms with E-state index in [1.807, 2.05) is 18.4 Å². The molecule has 0 bridgehead atoms. The minimum absolute atomic E-state index is 0.0451. The molecule has 110 valence electrons. The number of aromatic nitrogens is 3. The van der Waals surface area contributed by atoms with Crippen LogP contribution in [0.3, 0.4) is 0 Å². The molecule has 1 aliphatic rings. The Morgan fingerprint density at radius 2 is 2.05 bits per heavy atom. The number of nitrogens with zero attached hydrogens (tertiary/aromatic N) is 4. The minimum atomic E-state index is -0.956. The summed E-state index contributed by atoms with van der Waals surface area (Å²) in [7, 11) is 0. The topological polar surface area (TPSA) is 88.3 Å². The fourth-order valence-electron chi connectivity index (χ4n) is 2.56. The summed E-state index contributed by atoms with van der Waals surface area (Å²) in [5.74, 6) is -0.264. The molecule has 2 rings (SSSR count). The van der Waals surface area contributed by atoms with Gasteiger partial charge in [0.2, 0.25) is 5.91 Å². The maximum absolute atomic E-state index is 12.4. The first-order valence-corrected chi connectivity index (χ1v) is 6.90. The van der Waals surface area contributed by atoms with Crippen molar-refractivity contribution in [1.82, 2.24) is 19.7 Å². The summed E-state index contributed by atoms with van der Waals surface area (Å²) in [4.78, 5) is 25.5. The van der Waals surface area contributed by atoms with Gasteiger partial charge in [0.05, 0.1) is 12.0 Å². The van der Waals surface area contributed by atoms with Gasteiger partial charge in [-0.15, -0.1) is 10.2 Å². The van der Waals surface area contributed by atoms with Crippen molar-refractivity contribution in [2.45, 2.75) is 46.2 Å². The van der Waals surface area contributed by atoms with Crippen LogP contribution in [0.1, 0.15) is 38.9 Å². The standard InChI is InChI=1S/C13H20N4O3/c1-3-13(4-2,12(19)20)7-11(18)16-5-6-17-9-14-15-10(17)8-16/h9H,3-8H2,1-2H3,(H,19,20). The molecular formula is C13H20N4O3. The molecule has 0 unspecified atom stereocenters. The van der Waals surface area contributed by atoms with Gasteiger partial charge in [-0.2, -0.15) is 0 Å². The number of aliphatic carboxylic acids is 1. The predicted molar refractivity (Wildman–Crippen MR) is 70.7 cm³/mol. The molecule has 7 nitrogen and oxygen atoms in total. The Morgan fingerprint density at radius 1 is 1.35 bits per heavy atom. The van der Waals surface area contributed by atoms with Crippen molar-refractivity contribution in [3.63, 3.8) is 0 Å². The Morgan fingerprint density at radius 3 is 2.65 bits per heavy atom. The van der Waals surface area contributed by atoms with Gasteiger partial charge in [-0.05, 0) is 12.8 Å². The molecule has 0 aromatic carbocycles. The van der Waals surface area contributed by atoms with Gasteiger partial charge in [0, 0.05) is 19.5 Å². The average Bonchev–Trinajstić information content (AvgIpc) is 2.91. The maximum Gasteiger partial charge on any atom is 0.310 e. The van der Waals surface area contributed by atoms with E-state index in [4.69, 9.17) is 0 Å². The lowest BCUT2D eigenvalue weighted by Crippen LogP contribution is -2.42. The van der Waals surface area contributed by atoms with E-state index in [0.29, 0.717) is 32.5 Å². The van der Waals surface area contributed by atoms with Gasteiger partial charge in [0.15, 0.2) is 5.82 Å². The van der Waals surface area contributed by atoms with Crippen molar-refractivity contribution in [2.75, 3.05) is 6.54 Å². The number of rotatable bonds is 5. The third-order valence-electron chi connectivity index (χ3n) is 4.29. The average molecular weight is 280 g/mol. The molecule has 1 aromatic heterocycles. The fraction of sp³-hybridized carbons (Fsp3) is 0.692. The first-order chi connectivity index (χ1) is 9.52. The van der Waals surface area contributed by atoms with Crippen LogP contribution in [0.25, 0.3) is 0 Å². The molecule has 1 aliphatic heterocycles. The van der Waals surface area contributed by atoms with Crippen molar-refractivity contribution in [1.29, 1.82) is 0 Å². The van der Waals surface area contributed by atoms with Gasteiger partial charge in [0.1, 0.15) is 6.33 Å². The van der Waals surface area contributed by atoms with Crippen LogP contribution in [0.5, 0.6) is 0 Å². The van der Waals surface area contributed by atoms with E-state index in [0.717, 1.165) is 5.82 Å². The zero-order valence-electron chi connectivity index (χ0n) is 11.9. The van der Waals surface area contributed by atoms with Crippen LogP contribution < -0.4 is 0 Å². The summed E-state index contributed by atoms with van der Waals surface area (Å²) in [5.41, 5.74) is -0.956. The maximum atomic E-state index is 12.4. The third-order valence-corrected chi connectivity index (χ3v) is 4.29. The van der Waals surface area contributed by atoms with Gasteiger partial charge in [-0.1, -0.05) is 13.8 Å². The Bertz CT molecular complexity index is 507. The molecule has 0 saturated carbocycles. The van der Waals surface area contributed by atoms with E-state index in [2.05, 4.69) is 10.2 Å². The van der Waals surface area contributed by atoms with Crippen molar-refractivity contribution in [3.05, 3.63) is 12.2 Å². The highest BCUT2D eigenvalue weighted by atomic mass is 16.4. The molecule has 20 heavy (non-hydrogen) atoms. The molecule has 2 heterocycles. The smallest absolute Gasteiger partial charge is 0.310 e. The molecule has 0 atom stereocenters. The van der Waals surface area contributed by atoms with Crippen LogP contribution in [0, 0.1) is 5.41 Å². The largest absolute Gasteiger partial charge is 0.481 e. The molecule has 1 N–H and O–H groups in total. The van der Waals surface area contributed by atoms with Crippen LogP contribution in [0.2, 0.25) is 0 Å². The Labute approximate surface area is 117 Å². The Kier molecular flexibility index (Phi) is 4.06. The number of carboxylic acid groups (broad SMARTS) is 1. The number of carboxylic acids is 1. The highest BCUT2D eigenvalue weighted by Crippen LogP contribution is 2.32. The SMILES string of the molecule is CCC(CC)(CC(=O)N1CCn2cnnc2C1)C(=O)O. The molecular weight excluding hydrogens is 260 g/mol. The summed E-state index contributed by atoms with van der Waals surface area (Å²) >= 11 is 0. The number of hydrogen-bond acceptors (Lipinski definition) is 4. The molecule has 0 radical (unpaired) electrons. The van der Waals surface area contributed by atoms with E-state index in [1.54, 1.807) is 11.2 Å². The minimum Gasteiger partial charge on any atom is -0.481 e. The predicted octanol–water partition coefficient (Wildman–Crippen LogP) is 0.901. The van der Waals surface area contributed by atoms with Gasteiger partial charge >= 0.3 is 5.97 Å². The van der Waals surface area contributed by atoms with Crippen LogP contribution in [0.15, 0.2) is 6.33 Å². The zero-order valence-corrected chi connectivity index (χ0v) is 11.9. The molecule has 0 aliphatic carbocycles. The van der Waals surface area contributed by atoms with Gasteiger partial charge in [-0.25, -0.2) is 0 Å². The zero-order chi connectivity index (χ0) is 14.8. The highest BCUT2D eigenvalue weighted by molar-refractivity contribution is 5.85. The molecule has 0 spiro atoms. The normalized spacial score (nSPS) is 15.0. The molecule has 1 amide bonds.